The van der Waals surface area contributed by atoms with Crippen LogP contribution in [0.4, 0.5) is 0 Å². The van der Waals surface area contributed by atoms with E-state index in [2.05, 4.69) is 30.6 Å². The highest BCUT2D eigenvalue weighted by Crippen LogP contribution is 2.03. The lowest BCUT2D eigenvalue weighted by Gasteiger charge is -2.34. The van der Waals surface area contributed by atoms with Crippen molar-refractivity contribution in [1.29, 1.82) is 0 Å². The summed E-state index contributed by atoms with van der Waals surface area (Å²) >= 11 is 0. The molecule has 0 atom stereocenters. The van der Waals surface area contributed by atoms with Crippen molar-refractivity contribution in [1.82, 2.24) is 9.80 Å². The van der Waals surface area contributed by atoms with Crippen molar-refractivity contribution in [2.24, 2.45) is 5.92 Å². The molecular formula is C14H30N2O. The fourth-order valence-corrected chi connectivity index (χ4v) is 2.17. The highest BCUT2D eigenvalue weighted by atomic mass is 16.5. The van der Waals surface area contributed by atoms with E-state index in [0.717, 1.165) is 25.7 Å². The average Bonchev–Trinajstić information content (AvgIpc) is 2.31. The van der Waals surface area contributed by atoms with Crippen molar-refractivity contribution in [3.05, 3.63) is 0 Å². The van der Waals surface area contributed by atoms with E-state index in [-0.39, 0.29) is 0 Å². The van der Waals surface area contributed by atoms with E-state index in [1.807, 2.05) is 0 Å². The van der Waals surface area contributed by atoms with Gasteiger partial charge in [0.05, 0.1) is 6.61 Å². The first kappa shape index (κ1) is 14.9. The van der Waals surface area contributed by atoms with E-state index in [4.69, 9.17) is 4.74 Å². The van der Waals surface area contributed by atoms with Crippen LogP contribution in [-0.2, 0) is 4.74 Å². The zero-order valence-corrected chi connectivity index (χ0v) is 12.0. The number of ether oxygens (including phenoxy) is 1. The standard InChI is InChI=1S/C14H30N2O/c1-4-6-15-7-9-16(10-8-15)11-13-17-12-5-14(2)3/h14H,4-13H2,1-3H3. The summed E-state index contributed by atoms with van der Waals surface area (Å²) in [4.78, 5) is 5.09. The Bertz CT molecular complexity index is 177. The zero-order chi connectivity index (χ0) is 12.5. The van der Waals surface area contributed by atoms with E-state index < -0.39 is 0 Å². The minimum absolute atomic E-state index is 0.757. The van der Waals surface area contributed by atoms with Gasteiger partial charge in [-0.25, -0.2) is 0 Å². The second-order valence-corrected chi connectivity index (χ2v) is 5.48. The lowest BCUT2D eigenvalue weighted by molar-refractivity contribution is 0.0714. The summed E-state index contributed by atoms with van der Waals surface area (Å²) in [6.45, 7) is 15.9. The van der Waals surface area contributed by atoms with E-state index >= 15 is 0 Å². The summed E-state index contributed by atoms with van der Waals surface area (Å²) in [5.41, 5.74) is 0. The molecule has 0 bridgehead atoms. The molecule has 0 saturated carbocycles. The molecule has 1 aliphatic heterocycles. The van der Waals surface area contributed by atoms with Crippen LogP contribution in [0.25, 0.3) is 0 Å². The Morgan fingerprint density at radius 2 is 1.53 bits per heavy atom. The van der Waals surface area contributed by atoms with E-state index in [9.17, 15) is 0 Å². The van der Waals surface area contributed by atoms with Gasteiger partial charge in [-0.3, -0.25) is 4.90 Å². The van der Waals surface area contributed by atoms with Crippen LogP contribution in [-0.4, -0.2) is 62.3 Å². The van der Waals surface area contributed by atoms with Crippen LogP contribution in [0.1, 0.15) is 33.6 Å². The molecule has 3 nitrogen and oxygen atoms in total. The highest BCUT2D eigenvalue weighted by Gasteiger charge is 2.15. The number of piperazine rings is 1. The molecule has 1 rings (SSSR count). The molecule has 17 heavy (non-hydrogen) atoms. The number of hydrogen-bond acceptors (Lipinski definition) is 3. The molecule has 0 radical (unpaired) electrons. The van der Waals surface area contributed by atoms with Crippen LogP contribution < -0.4 is 0 Å². The van der Waals surface area contributed by atoms with Gasteiger partial charge in [0, 0.05) is 39.3 Å². The smallest absolute Gasteiger partial charge is 0.0593 e. The van der Waals surface area contributed by atoms with Crippen LogP contribution >= 0.6 is 0 Å². The van der Waals surface area contributed by atoms with Gasteiger partial charge in [0.2, 0.25) is 0 Å². The molecule has 0 unspecified atom stereocenters. The van der Waals surface area contributed by atoms with Crippen LogP contribution in [0.15, 0.2) is 0 Å². The maximum absolute atomic E-state index is 5.67. The van der Waals surface area contributed by atoms with E-state index in [1.165, 1.54) is 45.6 Å². The van der Waals surface area contributed by atoms with E-state index in [1.54, 1.807) is 0 Å². The molecule has 0 amide bonds. The normalized spacial score (nSPS) is 19.1. The first-order chi connectivity index (χ1) is 8.22. The predicted molar refractivity (Wildman–Crippen MR) is 73.4 cm³/mol. The second-order valence-electron chi connectivity index (χ2n) is 5.48. The average molecular weight is 242 g/mol. The third-order valence-corrected chi connectivity index (χ3v) is 3.40. The molecule has 0 aromatic rings. The molecule has 102 valence electrons. The third-order valence-electron chi connectivity index (χ3n) is 3.40. The molecule has 0 aliphatic carbocycles. The molecule has 0 N–H and O–H groups in total. The Morgan fingerprint density at radius 3 is 2.06 bits per heavy atom. The van der Waals surface area contributed by atoms with Gasteiger partial charge in [0.25, 0.3) is 0 Å². The summed E-state index contributed by atoms with van der Waals surface area (Å²) in [6.07, 6.45) is 2.46. The molecule has 1 saturated heterocycles. The Kier molecular flexibility index (Phi) is 7.82. The summed E-state index contributed by atoms with van der Waals surface area (Å²) in [5, 5.41) is 0. The van der Waals surface area contributed by atoms with Gasteiger partial charge in [-0.15, -0.1) is 0 Å². The van der Waals surface area contributed by atoms with Gasteiger partial charge in [0.1, 0.15) is 0 Å². The van der Waals surface area contributed by atoms with Crippen LogP contribution in [0.2, 0.25) is 0 Å². The Labute approximate surface area is 107 Å². The van der Waals surface area contributed by atoms with Crippen molar-refractivity contribution in [3.8, 4) is 0 Å². The van der Waals surface area contributed by atoms with Gasteiger partial charge in [-0.05, 0) is 25.3 Å². The van der Waals surface area contributed by atoms with Gasteiger partial charge >= 0.3 is 0 Å². The summed E-state index contributed by atoms with van der Waals surface area (Å²) < 4.78 is 5.67. The monoisotopic (exact) mass is 242 g/mol. The maximum Gasteiger partial charge on any atom is 0.0593 e. The van der Waals surface area contributed by atoms with Crippen LogP contribution in [0.3, 0.4) is 0 Å². The predicted octanol–water partition coefficient (Wildman–Crippen LogP) is 2.08. The second kappa shape index (κ2) is 8.90. The topological polar surface area (TPSA) is 15.7 Å². The van der Waals surface area contributed by atoms with E-state index in [0.29, 0.717) is 0 Å². The zero-order valence-electron chi connectivity index (χ0n) is 12.0. The van der Waals surface area contributed by atoms with Gasteiger partial charge in [0.15, 0.2) is 0 Å². The molecule has 1 fully saturated rings. The van der Waals surface area contributed by atoms with Gasteiger partial charge < -0.3 is 9.64 Å². The Balaban J connectivity index is 1.95. The lowest BCUT2D eigenvalue weighted by Crippen LogP contribution is -2.47. The molecule has 0 aromatic heterocycles. The number of hydrogen-bond donors (Lipinski definition) is 0. The molecule has 0 spiro atoms. The fourth-order valence-electron chi connectivity index (χ4n) is 2.17. The van der Waals surface area contributed by atoms with Crippen molar-refractivity contribution >= 4 is 0 Å². The van der Waals surface area contributed by atoms with Crippen molar-refractivity contribution in [3.63, 3.8) is 0 Å². The number of nitrogens with zero attached hydrogens (tertiary/aromatic N) is 2. The Morgan fingerprint density at radius 1 is 0.941 bits per heavy atom. The van der Waals surface area contributed by atoms with Crippen LogP contribution in [0, 0.1) is 5.92 Å². The number of rotatable bonds is 8. The molecular weight excluding hydrogens is 212 g/mol. The highest BCUT2D eigenvalue weighted by molar-refractivity contribution is 4.71. The SMILES string of the molecule is CCCN1CCN(CCOCCC(C)C)CC1. The largest absolute Gasteiger partial charge is 0.380 e. The maximum atomic E-state index is 5.67. The lowest BCUT2D eigenvalue weighted by atomic mass is 10.1. The first-order valence-corrected chi connectivity index (χ1v) is 7.24. The molecule has 0 aromatic carbocycles. The minimum Gasteiger partial charge on any atom is -0.380 e. The van der Waals surface area contributed by atoms with Crippen molar-refractivity contribution < 1.29 is 4.74 Å². The molecule has 1 heterocycles. The minimum atomic E-state index is 0.757. The summed E-state index contributed by atoms with van der Waals surface area (Å²) in [6, 6.07) is 0. The quantitative estimate of drug-likeness (QED) is 0.606. The van der Waals surface area contributed by atoms with Crippen molar-refractivity contribution in [2.75, 3.05) is 52.5 Å². The fraction of sp³-hybridized carbons (Fsp3) is 1.00. The third kappa shape index (κ3) is 7.02. The Hall–Kier alpha value is -0.120. The van der Waals surface area contributed by atoms with Gasteiger partial charge in [-0.1, -0.05) is 20.8 Å². The van der Waals surface area contributed by atoms with Crippen LogP contribution in [0.5, 0.6) is 0 Å². The molecule has 3 heteroatoms. The first-order valence-electron chi connectivity index (χ1n) is 7.24. The van der Waals surface area contributed by atoms with Crippen molar-refractivity contribution in [2.45, 2.75) is 33.6 Å². The summed E-state index contributed by atoms with van der Waals surface area (Å²) in [5.74, 6) is 0.757. The van der Waals surface area contributed by atoms with Gasteiger partial charge in [-0.2, -0.15) is 0 Å². The molecule has 1 aliphatic rings. The summed E-state index contributed by atoms with van der Waals surface area (Å²) in [7, 11) is 0.